The van der Waals surface area contributed by atoms with E-state index in [1.807, 2.05) is 36.4 Å². The van der Waals surface area contributed by atoms with Gasteiger partial charge in [0.05, 0.1) is 23.6 Å². The summed E-state index contributed by atoms with van der Waals surface area (Å²) < 4.78 is 36.6. The van der Waals surface area contributed by atoms with Gasteiger partial charge in [-0.1, -0.05) is 31.5 Å². The van der Waals surface area contributed by atoms with Gasteiger partial charge in [-0.25, -0.2) is 4.39 Å². The molecule has 1 aromatic heterocycles. The van der Waals surface area contributed by atoms with E-state index in [0.29, 0.717) is 23.9 Å². The van der Waals surface area contributed by atoms with Gasteiger partial charge in [-0.2, -0.15) is 0 Å². The Balaban J connectivity index is 1.44. The lowest BCUT2D eigenvalue weighted by Crippen LogP contribution is -2.29. The number of ether oxygens (including phenoxy) is 3. The van der Waals surface area contributed by atoms with E-state index >= 15 is 0 Å². The minimum Gasteiger partial charge on any atom is -0.494 e. The van der Waals surface area contributed by atoms with Crippen molar-refractivity contribution in [3.05, 3.63) is 99.2 Å². The first-order valence-corrected chi connectivity index (χ1v) is 12.2. The van der Waals surface area contributed by atoms with Gasteiger partial charge < -0.3 is 23.5 Å². The van der Waals surface area contributed by atoms with Crippen molar-refractivity contribution >= 4 is 16.9 Å². The maximum atomic E-state index is 14.0. The summed E-state index contributed by atoms with van der Waals surface area (Å²) in [7, 11) is 0. The van der Waals surface area contributed by atoms with E-state index in [0.717, 1.165) is 30.0 Å². The number of fused-ring (bicyclic) bond motifs is 3. The van der Waals surface area contributed by atoms with Crippen LogP contribution in [-0.4, -0.2) is 24.2 Å². The SMILES string of the molecule is CCCCOc1ccc([C@@H]2c3c(oc4ccc(F)cc4c3=O)C(=O)N2Cc2ccc3c(c2)OCO3)cc1. The first kappa shape index (κ1) is 23.1. The molecular formula is C29H24FNO6. The molecular weight excluding hydrogens is 477 g/mol. The molecule has 0 unspecified atom stereocenters. The molecule has 6 rings (SSSR count). The summed E-state index contributed by atoms with van der Waals surface area (Å²) in [4.78, 5) is 28.9. The third-order valence-corrected chi connectivity index (χ3v) is 6.68. The highest BCUT2D eigenvalue weighted by atomic mass is 19.1. The van der Waals surface area contributed by atoms with Crippen LogP contribution >= 0.6 is 0 Å². The Morgan fingerprint density at radius 3 is 2.62 bits per heavy atom. The third kappa shape index (κ3) is 4.08. The van der Waals surface area contributed by atoms with Crippen LogP contribution in [0.25, 0.3) is 11.0 Å². The number of carbonyl (C=O) groups is 1. The molecule has 0 saturated heterocycles. The lowest BCUT2D eigenvalue weighted by molar-refractivity contribution is 0.0714. The van der Waals surface area contributed by atoms with E-state index in [2.05, 4.69) is 6.92 Å². The predicted octanol–water partition coefficient (Wildman–Crippen LogP) is 5.59. The lowest BCUT2D eigenvalue weighted by Gasteiger charge is -2.25. The Kier molecular flexibility index (Phi) is 5.79. The molecule has 4 aromatic rings. The second kappa shape index (κ2) is 9.28. The Bertz CT molecular complexity index is 1560. The third-order valence-electron chi connectivity index (χ3n) is 6.68. The summed E-state index contributed by atoms with van der Waals surface area (Å²) in [6.45, 7) is 3.04. The first-order valence-electron chi connectivity index (χ1n) is 12.2. The number of halogens is 1. The smallest absolute Gasteiger partial charge is 0.291 e. The van der Waals surface area contributed by atoms with Crippen molar-refractivity contribution in [3.63, 3.8) is 0 Å². The van der Waals surface area contributed by atoms with Gasteiger partial charge in [0.15, 0.2) is 16.9 Å². The van der Waals surface area contributed by atoms with Gasteiger partial charge in [0.2, 0.25) is 12.6 Å². The topological polar surface area (TPSA) is 78.2 Å². The highest BCUT2D eigenvalue weighted by molar-refractivity contribution is 5.99. The van der Waals surface area contributed by atoms with Crippen molar-refractivity contribution in [2.75, 3.05) is 13.4 Å². The van der Waals surface area contributed by atoms with Gasteiger partial charge >= 0.3 is 0 Å². The fraction of sp³-hybridized carbons (Fsp3) is 0.241. The zero-order valence-electron chi connectivity index (χ0n) is 20.2. The number of hydrogen-bond donors (Lipinski definition) is 0. The van der Waals surface area contributed by atoms with Crippen molar-refractivity contribution in [2.24, 2.45) is 0 Å². The minimum atomic E-state index is -0.721. The van der Waals surface area contributed by atoms with Gasteiger partial charge in [0, 0.05) is 6.54 Å². The summed E-state index contributed by atoms with van der Waals surface area (Å²) in [6.07, 6.45) is 1.97. The molecule has 8 heteroatoms. The molecule has 2 aliphatic rings. The van der Waals surface area contributed by atoms with E-state index in [9.17, 15) is 14.0 Å². The highest BCUT2D eigenvalue weighted by Gasteiger charge is 2.43. The molecule has 0 spiro atoms. The monoisotopic (exact) mass is 501 g/mol. The van der Waals surface area contributed by atoms with Crippen molar-refractivity contribution in [1.29, 1.82) is 0 Å². The summed E-state index contributed by atoms with van der Waals surface area (Å²) >= 11 is 0. The molecule has 2 aliphatic heterocycles. The van der Waals surface area contributed by atoms with Crippen LogP contribution in [0.4, 0.5) is 4.39 Å². The number of carbonyl (C=O) groups excluding carboxylic acids is 1. The zero-order valence-corrected chi connectivity index (χ0v) is 20.2. The summed E-state index contributed by atoms with van der Waals surface area (Å²) in [6, 6.07) is 15.8. The van der Waals surface area contributed by atoms with Crippen LogP contribution in [0.15, 0.2) is 69.9 Å². The van der Waals surface area contributed by atoms with Crippen molar-refractivity contribution < 1.29 is 27.8 Å². The van der Waals surface area contributed by atoms with E-state index in [-0.39, 0.29) is 35.6 Å². The highest BCUT2D eigenvalue weighted by Crippen LogP contribution is 2.41. The maximum Gasteiger partial charge on any atom is 0.291 e. The van der Waals surface area contributed by atoms with Gasteiger partial charge in [0.1, 0.15) is 17.1 Å². The largest absolute Gasteiger partial charge is 0.494 e. The van der Waals surface area contributed by atoms with Crippen molar-refractivity contribution in [1.82, 2.24) is 4.90 Å². The fourth-order valence-corrected chi connectivity index (χ4v) is 4.82. The minimum absolute atomic E-state index is 0.0295. The Morgan fingerprint density at radius 2 is 1.81 bits per heavy atom. The molecule has 0 bridgehead atoms. The lowest BCUT2D eigenvalue weighted by atomic mass is 9.98. The van der Waals surface area contributed by atoms with Crippen LogP contribution in [0.1, 0.15) is 53.1 Å². The van der Waals surface area contributed by atoms with Gasteiger partial charge in [-0.05, 0) is 60.0 Å². The van der Waals surface area contributed by atoms with E-state index < -0.39 is 23.2 Å². The normalized spacial score (nSPS) is 15.9. The van der Waals surface area contributed by atoms with Crippen LogP contribution in [0.5, 0.6) is 17.2 Å². The molecule has 0 aliphatic carbocycles. The number of nitrogens with zero attached hydrogens (tertiary/aromatic N) is 1. The predicted molar refractivity (Wildman–Crippen MR) is 134 cm³/mol. The Labute approximate surface area is 212 Å². The van der Waals surface area contributed by atoms with E-state index in [1.165, 1.54) is 12.1 Å². The number of benzene rings is 3. The number of amides is 1. The number of unbranched alkanes of at least 4 members (excludes halogenated alkanes) is 1. The Morgan fingerprint density at radius 1 is 1.00 bits per heavy atom. The van der Waals surface area contributed by atoms with Crippen LogP contribution in [0.2, 0.25) is 0 Å². The zero-order chi connectivity index (χ0) is 25.5. The van der Waals surface area contributed by atoms with Gasteiger partial charge in [-0.15, -0.1) is 0 Å². The van der Waals surface area contributed by atoms with Crippen LogP contribution in [-0.2, 0) is 6.54 Å². The molecule has 1 amide bonds. The van der Waals surface area contributed by atoms with Gasteiger partial charge in [-0.3, -0.25) is 9.59 Å². The van der Waals surface area contributed by atoms with Crippen molar-refractivity contribution in [2.45, 2.75) is 32.4 Å². The molecule has 0 fully saturated rings. The van der Waals surface area contributed by atoms with Gasteiger partial charge in [0.25, 0.3) is 5.91 Å². The number of rotatable bonds is 7. The molecule has 3 heterocycles. The second-order valence-electron chi connectivity index (χ2n) is 9.11. The van der Waals surface area contributed by atoms with Crippen molar-refractivity contribution in [3.8, 4) is 17.2 Å². The van der Waals surface area contributed by atoms with Crippen LogP contribution < -0.4 is 19.6 Å². The molecule has 0 saturated carbocycles. The molecule has 188 valence electrons. The average Bonchev–Trinajstić information content (AvgIpc) is 3.48. The standard InChI is InChI=1S/C29H24FNO6/c1-2-3-12-34-20-8-5-18(6-9-20)26-25-27(32)21-14-19(30)7-11-22(21)37-28(25)29(33)31(26)15-17-4-10-23-24(13-17)36-16-35-23/h4-11,13-14,26H,2-3,12,15-16H2,1H3/t26-/m1/s1. The fourth-order valence-electron chi connectivity index (χ4n) is 4.82. The molecule has 1 atom stereocenters. The molecule has 37 heavy (non-hydrogen) atoms. The Hall–Kier alpha value is -4.33. The van der Waals surface area contributed by atoms with E-state index in [1.54, 1.807) is 11.0 Å². The molecule has 3 aromatic carbocycles. The summed E-state index contributed by atoms with van der Waals surface area (Å²) in [5.74, 6) is 0.952. The quantitative estimate of drug-likeness (QED) is 0.308. The molecule has 0 N–H and O–H groups in total. The molecule has 0 radical (unpaired) electrons. The first-order chi connectivity index (χ1) is 18.0. The van der Waals surface area contributed by atoms with Crippen LogP contribution in [0.3, 0.4) is 0 Å². The molecule has 7 nitrogen and oxygen atoms in total. The maximum absolute atomic E-state index is 14.0. The number of hydrogen-bond acceptors (Lipinski definition) is 6. The summed E-state index contributed by atoms with van der Waals surface area (Å²) in [5, 5.41) is 0.0981. The second-order valence-corrected chi connectivity index (χ2v) is 9.11. The van der Waals surface area contributed by atoms with Crippen LogP contribution in [0, 0.1) is 5.82 Å². The average molecular weight is 502 g/mol. The van der Waals surface area contributed by atoms with E-state index in [4.69, 9.17) is 18.6 Å². The summed E-state index contributed by atoms with van der Waals surface area (Å²) in [5.41, 5.74) is 1.47.